The first-order valence-electron chi connectivity index (χ1n) is 7.90. The van der Waals surface area contributed by atoms with Gasteiger partial charge in [-0.15, -0.1) is 0 Å². The van der Waals surface area contributed by atoms with Gasteiger partial charge in [0, 0.05) is 12.6 Å². The van der Waals surface area contributed by atoms with Crippen molar-refractivity contribution >= 4 is 14.4 Å². The summed E-state index contributed by atoms with van der Waals surface area (Å²) in [5, 5.41) is 0.190. The molecule has 5 heteroatoms. The Bertz CT molecular complexity index is 382. The molecule has 1 heterocycles. The second kappa shape index (κ2) is 5.92. The normalized spacial score (nSPS) is 24.3. The molecular formula is C16H33NO3Si. The Morgan fingerprint density at radius 3 is 2.10 bits per heavy atom. The molecular weight excluding hydrogens is 282 g/mol. The molecule has 0 saturated carbocycles. The van der Waals surface area contributed by atoms with Crippen molar-refractivity contribution in [2.75, 3.05) is 6.54 Å². The summed E-state index contributed by atoms with van der Waals surface area (Å²) >= 11 is 0. The molecule has 4 nitrogen and oxygen atoms in total. The van der Waals surface area contributed by atoms with Crippen LogP contribution in [-0.4, -0.2) is 43.6 Å². The van der Waals surface area contributed by atoms with E-state index in [0.29, 0.717) is 6.54 Å². The van der Waals surface area contributed by atoms with Crippen LogP contribution in [0.3, 0.4) is 0 Å². The standard InChI is InChI=1S/C16H33NO3Si/c1-12-10-13(20-21(8,9)16(5,6)7)11-17(12)14(18)19-15(2,3)4/h12-13H,10-11H2,1-9H3/t12-,13+/m0/s1. The van der Waals surface area contributed by atoms with Crippen molar-refractivity contribution in [2.45, 2.75) is 90.8 Å². The fourth-order valence-corrected chi connectivity index (χ4v) is 3.59. The summed E-state index contributed by atoms with van der Waals surface area (Å²) in [5.41, 5.74) is -0.449. The molecule has 0 unspecified atom stereocenters. The van der Waals surface area contributed by atoms with Crippen LogP contribution < -0.4 is 0 Å². The minimum absolute atomic E-state index is 0.133. The van der Waals surface area contributed by atoms with Gasteiger partial charge in [-0.05, 0) is 52.2 Å². The molecule has 1 rings (SSSR count). The molecule has 1 saturated heterocycles. The fraction of sp³-hybridized carbons (Fsp3) is 0.938. The Balaban J connectivity index is 2.67. The van der Waals surface area contributed by atoms with E-state index in [1.807, 2.05) is 25.7 Å². The first kappa shape index (κ1) is 18.5. The van der Waals surface area contributed by atoms with Crippen molar-refractivity contribution < 1.29 is 14.0 Å². The average Bonchev–Trinajstić information content (AvgIpc) is 2.54. The van der Waals surface area contributed by atoms with Crippen LogP contribution in [0.15, 0.2) is 0 Å². The van der Waals surface area contributed by atoms with E-state index in [9.17, 15) is 4.79 Å². The molecule has 1 amide bonds. The zero-order chi connectivity index (χ0) is 16.6. The summed E-state index contributed by atoms with van der Waals surface area (Å²) in [6.45, 7) is 19.6. The van der Waals surface area contributed by atoms with Crippen molar-refractivity contribution in [3.63, 3.8) is 0 Å². The van der Waals surface area contributed by atoms with E-state index in [-0.39, 0.29) is 23.3 Å². The molecule has 1 aliphatic rings. The Hall–Kier alpha value is -0.553. The molecule has 0 radical (unpaired) electrons. The SMILES string of the molecule is C[C@H]1C[C@@H](O[Si](C)(C)C(C)(C)C)CN1C(=O)OC(C)(C)C. The minimum Gasteiger partial charge on any atom is -0.444 e. The summed E-state index contributed by atoms with van der Waals surface area (Å²) in [5.74, 6) is 0. The van der Waals surface area contributed by atoms with Crippen LogP contribution in [0, 0.1) is 0 Å². The number of ether oxygens (including phenoxy) is 1. The number of rotatable bonds is 2. The quantitative estimate of drug-likeness (QED) is 0.709. The van der Waals surface area contributed by atoms with Gasteiger partial charge >= 0.3 is 6.09 Å². The highest BCUT2D eigenvalue weighted by Crippen LogP contribution is 2.39. The average molecular weight is 316 g/mol. The van der Waals surface area contributed by atoms with Gasteiger partial charge in [0.15, 0.2) is 8.32 Å². The summed E-state index contributed by atoms with van der Waals surface area (Å²) in [4.78, 5) is 14.0. The lowest BCUT2D eigenvalue weighted by Crippen LogP contribution is -2.45. The molecule has 0 aliphatic carbocycles. The Morgan fingerprint density at radius 1 is 1.14 bits per heavy atom. The van der Waals surface area contributed by atoms with Crippen LogP contribution in [-0.2, 0) is 9.16 Å². The van der Waals surface area contributed by atoms with Crippen LogP contribution >= 0.6 is 0 Å². The van der Waals surface area contributed by atoms with Gasteiger partial charge in [-0.2, -0.15) is 0 Å². The van der Waals surface area contributed by atoms with Crippen molar-refractivity contribution in [1.29, 1.82) is 0 Å². The van der Waals surface area contributed by atoms with E-state index in [1.54, 1.807) is 0 Å². The lowest BCUT2D eigenvalue weighted by molar-refractivity contribution is 0.0222. The fourth-order valence-electron chi connectivity index (χ4n) is 2.24. The van der Waals surface area contributed by atoms with E-state index < -0.39 is 13.9 Å². The van der Waals surface area contributed by atoms with Gasteiger partial charge in [-0.25, -0.2) is 4.79 Å². The van der Waals surface area contributed by atoms with Crippen LogP contribution in [0.25, 0.3) is 0 Å². The van der Waals surface area contributed by atoms with Crippen LogP contribution in [0.4, 0.5) is 4.79 Å². The second-order valence-corrected chi connectivity index (χ2v) is 13.5. The third-order valence-electron chi connectivity index (χ3n) is 4.43. The minimum atomic E-state index is -1.79. The highest BCUT2D eigenvalue weighted by Gasteiger charge is 2.43. The predicted molar refractivity (Wildman–Crippen MR) is 89.1 cm³/mol. The predicted octanol–water partition coefficient (Wildman–Crippen LogP) is 4.41. The monoisotopic (exact) mass is 315 g/mol. The van der Waals surface area contributed by atoms with Crippen LogP contribution in [0.1, 0.15) is 54.9 Å². The summed E-state index contributed by atoms with van der Waals surface area (Å²) in [6, 6.07) is 0.176. The van der Waals surface area contributed by atoms with E-state index in [2.05, 4.69) is 40.8 Å². The zero-order valence-corrected chi connectivity index (χ0v) is 16.2. The third-order valence-corrected chi connectivity index (χ3v) is 8.97. The zero-order valence-electron chi connectivity index (χ0n) is 15.2. The molecule has 2 atom stereocenters. The molecule has 0 aromatic carbocycles. The molecule has 124 valence electrons. The number of amides is 1. The number of carbonyl (C=O) groups is 1. The lowest BCUT2D eigenvalue weighted by Gasteiger charge is -2.38. The van der Waals surface area contributed by atoms with E-state index in [4.69, 9.17) is 9.16 Å². The van der Waals surface area contributed by atoms with Crippen molar-refractivity contribution in [2.24, 2.45) is 0 Å². The smallest absolute Gasteiger partial charge is 0.410 e. The van der Waals surface area contributed by atoms with Gasteiger partial charge in [-0.3, -0.25) is 0 Å². The number of nitrogens with zero attached hydrogens (tertiary/aromatic N) is 1. The second-order valence-electron chi connectivity index (χ2n) is 8.72. The summed E-state index contributed by atoms with van der Waals surface area (Å²) < 4.78 is 11.9. The maximum absolute atomic E-state index is 12.2. The molecule has 0 aromatic rings. The molecule has 0 aromatic heterocycles. The van der Waals surface area contributed by atoms with Gasteiger partial charge in [0.1, 0.15) is 5.60 Å². The van der Waals surface area contributed by atoms with E-state index >= 15 is 0 Å². The first-order valence-corrected chi connectivity index (χ1v) is 10.8. The number of hydrogen-bond donors (Lipinski definition) is 0. The number of likely N-dealkylation sites (tertiary alicyclic amines) is 1. The van der Waals surface area contributed by atoms with E-state index in [1.165, 1.54) is 0 Å². The topological polar surface area (TPSA) is 38.8 Å². The Morgan fingerprint density at radius 2 is 1.67 bits per heavy atom. The maximum atomic E-state index is 12.2. The van der Waals surface area contributed by atoms with Crippen molar-refractivity contribution in [1.82, 2.24) is 4.90 Å². The molecule has 0 bridgehead atoms. The molecule has 1 aliphatic heterocycles. The van der Waals surface area contributed by atoms with Crippen LogP contribution in [0.5, 0.6) is 0 Å². The third kappa shape index (κ3) is 4.99. The lowest BCUT2D eigenvalue weighted by atomic mass is 10.2. The molecule has 1 fully saturated rings. The highest BCUT2D eigenvalue weighted by molar-refractivity contribution is 6.74. The highest BCUT2D eigenvalue weighted by atomic mass is 28.4. The van der Waals surface area contributed by atoms with E-state index in [0.717, 1.165) is 6.42 Å². The number of hydrogen-bond acceptors (Lipinski definition) is 3. The maximum Gasteiger partial charge on any atom is 0.410 e. The summed E-state index contributed by atoms with van der Waals surface area (Å²) in [6.07, 6.45) is 0.802. The number of carbonyl (C=O) groups excluding carboxylic acids is 1. The summed E-state index contributed by atoms with van der Waals surface area (Å²) in [7, 11) is -1.79. The molecule has 0 N–H and O–H groups in total. The first-order chi connectivity index (χ1) is 9.23. The van der Waals surface area contributed by atoms with Gasteiger partial charge in [0.05, 0.1) is 6.10 Å². The largest absolute Gasteiger partial charge is 0.444 e. The van der Waals surface area contributed by atoms with Gasteiger partial charge < -0.3 is 14.1 Å². The van der Waals surface area contributed by atoms with Gasteiger partial charge in [0.25, 0.3) is 0 Å². The molecule has 21 heavy (non-hydrogen) atoms. The Kier molecular flexibility index (Phi) is 5.21. The molecule has 0 spiro atoms. The van der Waals surface area contributed by atoms with Gasteiger partial charge in [0.2, 0.25) is 0 Å². The van der Waals surface area contributed by atoms with Crippen LogP contribution in [0.2, 0.25) is 18.1 Å². The van der Waals surface area contributed by atoms with Gasteiger partial charge in [-0.1, -0.05) is 20.8 Å². The van der Waals surface area contributed by atoms with Crippen molar-refractivity contribution in [3.05, 3.63) is 0 Å². The Labute approximate surface area is 131 Å². The van der Waals surface area contributed by atoms with Crippen molar-refractivity contribution in [3.8, 4) is 0 Å².